The predicted octanol–water partition coefficient (Wildman–Crippen LogP) is 7.12. The Hall–Kier alpha value is -4.01. The van der Waals surface area contributed by atoms with Crippen LogP contribution in [0.3, 0.4) is 0 Å². The fraction of sp³-hybridized carbons (Fsp3) is 0.406. The third-order valence-electron chi connectivity index (χ3n) is 8.96. The van der Waals surface area contributed by atoms with Crippen LogP contribution in [0, 0.1) is 46.6 Å². The largest absolute Gasteiger partial charge is 0.493 e. The smallest absolute Gasteiger partial charge is 0.259 e. The normalized spacial score (nSPS) is 22.6. The highest BCUT2D eigenvalue weighted by atomic mass is 19.1. The number of Topliss-reactive ketones (excluding diaryl/α,β-unsaturated/α-hetero) is 1. The molecular weight excluding hydrogens is 528 g/mol. The lowest BCUT2D eigenvalue weighted by molar-refractivity contribution is -0.130. The van der Waals surface area contributed by atoms with Crippen molar-refractivity contribution in [3.63, 3.8) is 0 Å². The van der Waals surface area contributed by atoms with E-state index in [1.807, 2.05) is 13.8 Å². The highest BCUT2D eigenvalue weighted by Gasteiger charge is 2.75. The van der Waals surface area contributed by atoms with E-state index in [1.165, 1.54) is 13.0 Å². The van der Waals surface area contributed by atoms with E-state index in [2.05, 4.69) is 18.8 Å². The molecule has 2 aliphatic carbocycles. The third kappa shape index (κ3) is 4.71. The lowest BCUT2D eigenvalue weighted by atomic mass is 9.75. The van der Waals surface area contributed by atoms with Crippen molar-refractivity contribution in [2.75, 3.05) is 6.61 Å². The number of benzene rings is 2. The monoisotopic (exact) mass is 563 g/mol. The molecule has 3 unspecified atom stereocenters. The number of pyridine rings is 1. The van der Waals surface area contributed by atoms with Crippen molar-refractivity contribution in [2.24, 2.45) is 28.4 Å². The summed E-state index contributed by atoms with van der Waals surface area (Å²) in [5, 5.41) is 7.63. The number of nitrogen functional groups attached to an aromatic ring is 1. The first-order valence-corrected chi connectivity index (χ1v) is 13.9. The van der Waals surface area contributed by atoms with Crippen LogP contribution in [-0.2, 0) is 11.2 Å². The summed E-state index contributed by atoms with van der Waals surface area (Å²) in [6, 6.07) is 11.4. The van der Waals surface area contributed by atoms with Crippen LogP contribution in [0.1, 0.15) is 57.2 Å². The van der Waals surface area contributed by atoms with Gasteiger partial charge in [-0.15, -0.1) is 0 Å². The number of fused-ring (bicyclic) bond motifs is 1. The Morgan fingerprint density at radius 3 is 2.41 bits per heavy atom. The third-order valence-corrected chi connectivity index (χ3v) is 8.96. The van der Waals surface area contributed by atoms with Gasteiger partial charge in [-0.3, -0.25) is 10.2 Å². The van der Waals surface area contributed by atoms with Crippen molar-refractivity contribution in [3.8, 4) is 29.0 Å². The van der Waals surface area contributed by atoms with Crippen LogP contribution >= 0.6 is 0 Å². The molecule has 7 nitrogen and oxygen atoms in total. The van der Waals surface area contributed by atoms with Crippen molar-refractivity contribution < 1.29 is 27.8 Å². The summed E-state index contributed by atoms with van der Waals surface area (Å²) in [4.78, 5) is 17.7. The number of nitrogens with zero attached hydrogens (tertiary/aromatic N) is 1. The van der Waals surface area contributed by atoms with Gasteiger partial charge in [-0.2, -0.15) is 4.98 Å². The average molecular weight is 564 g/mol. The number of amidine groups is 1. The molecule has 0 aliphatic heterocycles. The SMILES string of the molecule is CCOc1cccc(Oc2nc(Oc3cccc(C(=N)N)c3)c(F)c(C)c2F)c1CC12C(=O)C(C)CCC1C2(C)C. The number of rotatable bonds is 9. The number of ether oxygens (including phenoxy) is 3. The molecule has 9 heteroatoms. The van der Waals surface area contributed by atoms with Crippen molar-refractivity contribution in [1.82, 2.24) is 4.98 Å². The van der Waals surface area contributed by atoms with Gasteiger partial charge in [0.15, 0.2) is 11.6 Å². The van der Waals surface area contributed by atoms with Gasteiger partial charge in [0.05, 0.1) is 6.61 Å². The summed E-state index contributed by atoms with van der Waals surface area (Å²) in [5.41, 5.74) is 5.48. The molecule has 0 saturated heterocycles. The Bertz CT molecular complexity index is 1540. The first kappa shape index (κ1) is 28.5. The van der Waals surface area contributed by atoms with E-state index in [0.717, 1.165) is 12.8 Å². The van der Waals surface area contributed by atoms with Crippen LogP contribution in [0.4, 0.5) is 8.78 Å². The number of ketones is 1. The minimum Gasteiger partial charge on any atom is -0.493 e. The van der Waals surface area contributed by atoms with Gasteiger partial charge < -0.3 is 19.9 Å². The summed E-state index contributed by atoms with van der Waals surface area (Å²) >= 11 is 0. The Morgan fingerprint density at radius 2 is 1.73 bits per heavy atom. The fourth-order valence-electron chi connectivity index (χ4n) is 6.56. The number of nitrogens with two attached hydrogens (primary N) is 1. The summed E-state index contributed by atoms with van der Waals surface area (Å²) in [6.45, 7) is 9.77. The van der Waals surface area contributed by atoms with Crippen molar-refractivity contribution in [2.45, 2.75) is 53.9 Å². The van der Waals surface area contributed by atoms with Crippen molar-refractivity contribution in [1.29, 1.82) is 5.41 Å². The van der Waals surface area contributed by atoms with Gasteiger partial charge in [0, 0.05) is 28.0 Å². The summed E-state index contributed by atoms with van der Waals surface area (Å²) in [6.07, 6.45) is 2.21. The molecule has 0 spiro atoms. The van der Waals surface area contributed by atoms with E-state index in [0.29, 0.717) is 29.9 Å². The van der Waals surface area contributed by atoms with Crippen LogP contribution in [-0.4, -0.2) is 23.2 Å². The molecule has 0 amide bonds. The fourth-order valence-corrected chi connectivity index (χ4v) is 6.56. The zero-order valence-corrected chi connectivity index (χ0v) is 23.9. The predicted molar refractivity (Wildman–Crippen MR) is 151 cm³/mol. The van der Waals surface area contributed by atoms with E-state index in [1.54, 1.807) is 36.4 Å². The van der Waals surface area contributed by atoms with E-state index in [4.69, 9.17) is 25.4 Å². The molecule has 216 valence electrons. The zero-order chi connectivity index (χ0) is 29.7. The summed E-state index contributed by atoms with van der Waals surface area (Å²) in [7, 11) is 0. The van der Waals surface area contributed by atoms with Crippen LogP contribution in [0.5, 0.6) is 29.0 Å². The molecule has 2 fully saturated rings. The minimum atomic E-state index is -0.977. The Kier molecular flexibility index (Phi) is 7.26. The van der Waals surface area contributed by atoms with E-state index < -0.39 is 28.8 Å². The van der Waals surface area contributed by atoms with Gasteiger partial charge in [0.25, 0.3) is 11.8 Å². The molecule has 1 aromatic heterocycles. The maximum atomic E-state index is 15.4. The van der Waals surface area contributed by atoms with Gasteiger partial charge >= 0.3 is 0 Å². The highest BCUT2D eigenvalue weighted by Crippen LogP contribution is 2.75. The second kappa shape index (κ2) is 10.4. The maximum absolute atomic E-state index is 15.4. The topological polar surface area (TPSA) is 108 Å². The van der Waals surface area contributed by atoms with Gasteiger partial charge in [-0.1, -0.05) is 39.0 Å². The standard InChI is InChI=1S/C32H35F2N3O4/c1-6-39-22-11-8-12-23(21(22)16-32-24(31(32,4)5)14-13-17(2)27(32)38)41-30-26(34)18(3)25(33)29(37-30)40-20-10-7-9-19(15-20)28(35)36/h7-12,15,17,24H,6,13-14,16H2,1-5H3,(H3,35,36). The summed E-state index contributed by atoms with van der Waals surface area (Å²) < 4.78 is 48.1. The second-order valence-electron chi connectivity index (χ2n) is 11.6. The van der Waals surface area contributed by atoms with Gasteiger partial charge in [-0.05, 0) is 68.7 Å². The molecule has 0 bridgehead atoms. The molecule has 3 atom stereocenters. The lowest BCUT2D eigenvalue weighted by Crippen LogP contribution is -2.33. The molecule has 2 saturated carbocycles. The van der Waals surface area contributed by atoms with Gasteiger partial charge in [0.2, 0.25) is 0 Å². The molecule has 2 aliphatic rings. The van der Waals surface area contributed by atoms with E-state index >= 15 is 8.78 Å². The Balaban J connectivity index is 1.54. The Labute approximate surface area is 238 Å². The minimum absolute atomic E-state index is 0.0447. The highest BCUT2D eigenvalue weighted by molar-refractivity contribution is 5.95. The number of carbonyl (C=O) groups is 1. The summed E-state index contributed by atoms with van der Waals surface area (Å²) in [5.74, 6) is -1.66. The number of hydrogen-bond donors (Lipinski definition) is 2. The number of halogens is 2. The lowest BCUT2D eigenvalue weighted by Gasteiger charge is -2.28. The molecule has 2 aromatic carbocycles. The van der Waals surface area contributed by atoms with Crippen LogP contribution in [0.25, 0.3) is 0 Å². The quantitative estimate of drug-likeness (QED) is 0.212. The molecule has 1 heterocycles. The van der Waals surface area contributed by atoms with Crippen LogP contribution in [0.2, 0.25) is 0 Å². The average Bonchev–Trinajstić information content (AvgIpc) is 3.43. The molecule has 3 aromatic rings. The molecular formula is C32H35F2N3O4. The van der Waals surface area contributed by atoms with Crippen LogP contribution < -0.4 is 19.9 Å². The number of nitrogens with one attached hydrogen (secondary N) is 1. The Morgan fingerprint density at radius 1 is 1.07 bits per heavy atom. The number of hydrogen-bond acceptors (Lipinski definition) is 6. The first-order valence-electron chi connectivity index (χ1n) is 13.9. The van der Waals surface area contributed by atoms with E-state index in [-0.39, 0.29) is 45.9 Å². The number of carbonyl (C=O) groups excluding carboxylic acids is 1. The van der Waals surface area contributed by atoms with E-state index in [9.17, 15) is 4.79 Å². The molecule has 0 radical (unpaired) electrons. The maximum Gasteiger partial charge on any atom is 0.259 e. The molecule has 41 heavy (non-hydrogen) atoms. The number of aromatic nitrogens is 1. The van der Waals surface area contributed by atoms with Gasteiger partial charge in [-0.25, -0.2) is 8.78 Å². The first-order chi connectivity index (χ1) is 19.4. The van der Waals surface area contributed by atoms with Crippen molar-refractivity contribution >= 4 is 11.6 Å². The van der Waals surface area contributed by atoms with Crippen molar-refractivity contribution in [3.05, 3.63) is 70.8 Å². The zero-order valence-electron chi connectivity index (χ0n) is 23.9. The van der Waals surface area contributed by atoms with Crippen LogP contribution in [0.15, 0.2) is 42.5 Å². The second-order valence-corrected chi connectivity index (χ2v) is 11.6. The molecule has 5 rings (SSSR count). The van der Waals surface area contributed by atoms with Gasteiger partial charge in [0.1, 0.15) is 28.9 Å². The molecule has 3 N–H and O–H groups in total.